The lowest BCUT2D eigenvalue weighted by molar-refractivity contribution is 0.333. The zero-order valence-corrected chi connectivity index (χ0v) is 17.0. The number of benzene rings is 2. The SMILES string of the molecule is COc1cccc(CN([C@H]2CCS(=O)(=O)C2)S(=O)(=O)c2ccc(C)cc2)c1. The summed E-state index contributed by atoms with van der Waals surface area (Å²) in [6, 6.07) is 13.2. The Morgan fingerprint density at radius 3 is 2.44 bits per heavy atom. The number of methoxy groups -OCH3 is 1. The van der Waals surface area contributed by atoms with Crippen molar-refractivity contribution >= 4 is 19.9 Å². The minimum atomic E-state index is -3.84. The third-order valence-electron chi connectivity index (χ3n) is 4.72. The Morgan fingerprint density at radius 2 is 1.85 bits per heavy atom. The number of hydrogen-bond donors (Lipinski definition) is 0. The molecule has 2 aromatic carbocycles. The normalized spacial score (nSPS) is 19.3. The second-order valence-electron chi connectivity index (χ2n) is 6.77. The van der Waals surface area contributed by atoms with Crippen molar-refractivity contribution in [3.8, 4) is 5.75 Å². The first-order valence-corrected chi connectivity index (χ1v) is 11.9. The molecular weight excluding hydrogens is 386 g/mol. The fourth-order valence-electron chi connectivity index (χ4n) is 3.21. The van der Waals surface area contributed by atoms with Gasteiger partial charge in [0.1, 0.15) is 5.75 Å². The van der Waals surface area contributed by atoms with E-state index in [1.54, 1.807) is 49.6 Å². The molecule has 2 aromatic rings. The molecule has 1 aliphatic heterocycles. The predicted molar refractivity (Wildman–Crippen MR) is 104 cm³/mol. The van der Waals surface area contributed by atoms with Crippen LogP contribution in [0.25, 0.3) is 0 Å². The van der Waals surface area contributed by atoms with Gasteiger partial charge in [0.05, 0.1) is 23.5 Å². The third-order valence-corrected chi connectivity index (χ3v) is 8.38. The van der Waals surface area contributed by atoms with E-state index < -0.39 is 25.9 Å². The molecule has 0 radical (unpaired) electrons. The smallest absolute Gasteiger partial charge is 0.243 e. The summed E-state index contributed by atoms with van der Waals surface area (Å²) in [6.45, 7) is 1.97. The average molecular weight is 410 g/mol. The van der Waals surface area contributed by atoms with Gasteiger partial charge in [0.2, 0.25) is 10.0 Å². The number of aryl methyl sites for hydroxylation is 1. The topological polar surface area (TPSA) is 80.8 Å². The van der Waals surface area contributed by atoms with Crippen molar-refractivity contribution < 1.29 is 21.6 Å². The van der Waals surface area contributed by atoms with Crippen LogP contribution in [0.2, 0.25) is 0 Å². The highest BCUT2D eigenvalue weighted by Gasteiger charge is 2.38. The summed E-state index contributed by atoms with van der Waals surface area (Å²) >= 11 is 0. The molecule has 8 heteroatoms. The summed E-state index contributed by atoms with van der Waals surface area (Å²) in [4.78, 5) is 0.167. The molecule has 1 aliphatic rings. The summed E-state index contributed by atoms with van der Waals surface area (Å²) in [5.74, 6) is 0.483. The van der Waals surface area contributed by atoms with Crippen molar-refractivity contribution in [2.75, 3.05) is 18.6 Å². The van der Waals surface area contributed by atoms with Crippen LogP contribution in [-0.4, -0.2) is 45.8 Å². The van der Waals surface area contributed by atoms with Crippen LogP contribution in [0.15, 0.2) is 53.4 Å². The predicted octanol–water partition coefficient (Wildman–Crippen LogP) is 2.38. The van der Waals surface area contributed by atoms with Crippen molar-refractivity contribution in [1.82, 2.24) is 4.31 Å². The second kappa shape index (κ2) is 7.61. The maximum absolute atomic E-state index is 13.3. The molecule has 0 spiro atoms. The molecule has 0 bridgehead atoms. The maximum Gasteiger partial charge on any atom is 0.243 e. The molecule has 0 unspecified atom stereocenters. The van der Waals surface area contributed by atoms with Crippen molar-refractivity contribution in [2.24, 2.45) is 0 Å². The van der Waals surface area contributed by atoms with E-state index in [9.17, 15) is 16.8 Å². The molecule has 1 heterocycles. The number of sulfone groups is 1. The van der Waals surface area contributed by atoms with Gasteiger partial charge in [-0.3, -0.25) is 0 Å². The standard InChI is InChI=1S/C19H23NO5S2/c1-15-6-8-19(9-7-15)27(23,24)20(17-10-11-26(21,22)14-17)13-16-4-3-5-18(12-16)25-2/h3-9,12,17H,10-11,13-14H2,1-2H3/t17-/m0/s1. The molecule has 0 aromatic heterocycles. The van der Waals surface area contributed by atoms with Gasteiger partial charge in [0, 0.05) is 12.6 Å². The third kappa shape index (κ3) is 4.51. The van der Waals surface area contributed by atoms with E-state index in [-0.39, 0.29) is 22.9 Å². The Kier molecular flexibility index (Phi) is 5.60. The van der Waals surface area contributed by atoms with Crippen LogP contribution in [0.3, 0.4) is 0 Å². The Labute approximate surface area is 160 Å². The van der Waals surface area contributed by atoms with E-state index in [0.717, 1.165) is 11.1 Å². The number of rotatable bonds is 6. The molecule has 1 atom stereocenters. The van der Waals surface area contributed by atoms with E-state index in [2.05, 4.69) is 0 Å². The highest BCUT2D eigenvalue weighted by molar-refractivity contribution is 7.92. The molecule has 3 rings (SSSR count). The van der Waals surface area contributed by atoms with E-state index in [1.165, 1.54) is 4.31 Å². The monoisotopic (exact) mass is 409 g/mol. The summed E-state index contributed by atoms with van der Waals surface area (Å²) in [7, 11) is -5.52. The summed E-state index contributed by atoms with van der Waals surface area (Å²) in [5.41, 5.74) is 1.70. The van der Waals surface area contributed by atoms with E-state index in [0.29, 0.717) is 12.2 Å². The van der Waals surface area contributed by atoms with Gasteiger partial charge in [-0.2, -0.15) is 4.31 Å². The van der Waals surface area contributed by atoms with E-state index in [4.69, 9.17) is 4.74 Å². The fourth-order valence-corrected chi connectivity index (χ4v) is 6.68. The average Bonchev–Trinajstić information content (AvgIpc) is 2.99. The van der Waals surface area contributed by atoms with Crippen LogP contribution in [0.1, 0.15) is 17.5 Å². The molecule has 0 amide bonds. The number of hydrogen-bond acceptors (Lipinski definition) is 5. The van der Waals surface area contributed by atoms with Gasteiger partial charge in [-0.25, -0.2) is 16.8 Å². The molecule has 0 saturated carbocycles. The fraction of sp³-hybridized carbons (Fsp3) is 0.368. The van der Waals surface area contributed by atoms with Gasteiger partial charge in [-0.1, -0.05) is 29.8 Å². The summed E-state index contributed by atoms with van der Waals surface area (Å²) in [6.07, 6.45) is 0.303. The highest BCUT2D eigenvalue weighted by Crippen LogP contribution is 2.28. The molecule has 1 saturated heterocycles. The van der Waals surface area contributed by atoms with Gasteiger partial charge in [0.15, 0.2) is 9.84 Å². The molecule has 6 nitrogen and oxygen atoms in total. The molecule has 1 fully saturated rings. The van der Waals surface area contributed by atoms with Crippen LogP contribution in [0.4, 0.5) is 0 Å². The Hall–Kier alpha value is -1.90. The number of sulfonamides is 1. The summed E-state index contributed by atoms with van der Waals surface area (Å²) < 4.78 is 57.1. The lowest BCUT2D eigenvalue weighted by Gasteiger charge is -2.27. The molecule has 0 N–H and O–H groups in total. The van der Waals surface area contributed by atoms with Crippen molar-refractivity contribution in [1.29, 1.82) is 0 Å². The van der Waals surface area contributed by atoms with Crippen molar-refractivity contribution in [3.05, 3.63) is 59.7 Å². The first-order valence-electron chi connectivity index (χ1n) is 8.63. The van der Waals surface area contributed by atoms with Crippen molar-refractivity contribution in [3.63, 3.8) is 0 Å². The van der Waals surface area contributed by atoms with Crippen LogP contribution in [0, 0.1) is 6.92 Å². The van der Waals surface area contributed by atoms with Crippen LogP contribution >= 0.6 is 0 Å². The molecule has 27 heavy (non-hydrogen) atoms. The zero-order chi connectivity index (χ0) is 19.7. The Bertz CT molecular complexity index is 1010. The maximum atomic E-state index is 13.3. The first kappa shape index (κ1) is 19.9. The van der Waals surface area contributed by atoms with Gasteiger partial charge in [-0.05, 0) is 43.2 Å². The number of nitrogens with zero attached hydrogens (tertiary/aromatic N) is 1. The minimum Gasteiger partial charge on any atom is -0.497 e. The lowest BCUT2D eigenvalue weighted by Crippen LogP contribution is -2.40. The van der Waals surface area contributed by atoms with Crippen molar-refractivity contribution in [2.45, 2.75) is 30.8 Å². The zero-order valence-electron chi connectivity index (χ0n) is 15.3. The summed E-state index contributed by atoms with van der Waals surface area (Å²) in [5, 5.41) is 0. The molecule has 0 aliphatic carbocycles. The lowest BCUT2D eigenvalue weighted by atomic mass is 10.2. The van der Waals surface area contributed by atoms with E-state index in [1.807, 2.05) is 13.0 Å². The minimum absolute atomic E-state index is 0.00962. The van der Waals surface area contributed by atoms with Gasteiger partial charge in [0.25, 0.3) is 0 Å². The van der Waals surface area contributed by atoms with Crippen LogP contribution in [-0.2, 0) is 26.4 Å². The second-order valence-corrected chi connectivity index (χ2v) is 10.9. The largest absolute Gasteiger partial charge is 0.497 e. The molecular formula is C19H23NO5S2. The first-order chi connectivity index (χ1) is 12.7. The van der Waals surface area contributed by atoms with Gasteiger partial charge >= 0.3 is 0 Å². The van der Waals surface area contributed by atoms with Gasteiger partial charge < -0.3 is 4.74 Å². The Morgan fingerprint density at radius 1 is 1.15 bits per heavy atom. The quantitative estimate of drug-likeness (QED) is 0.732. The van der Waals surface area contributed by atoms with Gasteiger partial charge in [-0.15, -0.1) is 0 Å². The molecule has 146 valence electrons. The van der Waals surface area contributed by atoms with E-state index >= 15 is 0 Å². The van der Waals surface area contributed by atoms with Crippen LogP contribution in [0.5, 0.6) is 5.75 Å². The van der Waals surface area contributed by atoms with Crippen LogP contribution < -0.4 is 4.74 Å². The Balaban J connectivity index is 2.00. The number of ether oxygens (including phenoxy) is 1. The highest BCUT2D eigenvalue weighted by atomic mass is 32.2.